The molecule has 3 rings (SSSR count). The van der Waals surface area contributed by atoms with E-state index >= 15 is 0 Å². The Bertz CT molecular complexity index is 682. The lowest BCUT2D eigenvalue weighted by atomic mass is 9.37. The van der Waals surface area contributed by atoms with Crippen LogP contribution in [0.3, 0.4) is 0 Å². The van der Waals surface area contributed by atoms with Crippen molar-refractivity contribution in [2.24, 2.45) is 0 Å². The minimum absolute atomic E-state index is 0.0782. The summed E-state index contributed by atoms with van der Waals surface area (Å²) in [5, 5.41) is 0. The van der Waals surface area contributed by atoms with Gasteiger partial charge < -0.3 is 0 Å². The van der Waals surface area contributed by atoms with Crippen molar-refractivity contribution in [3.05, 3.63) is 53.2 Å². The number of carbonyl (C=O) groups is 1. The molecule has 0 bridgehead atoms. The predicted molar refractivity (Wildman–Crippen MR) is 76.9 cm³/mol. The molecule has 0 aliphatic carbocycles. The second kappa shape index (κ2) is 4.23. The Morgan fingerprint density at radius 3 is 2.63 bits per heavy atom. The molecule has 2 aromatic rings. The van der Waals surface area contributed by atoms with Gasteiger partial charge in [0.25, 0.3) is 6.71 Å². The number of aromatic nitrogens is 1. The second-order valence-corrected chi connectivity index (χ2v) is 5.02. The van der Waals surface area contributed by atoms with Gasteiger partial charge in [-0.05, 0) is 6.07 Å². The van der Waals surface area contributed by atoms with Crippen LogP contribution in [0.5, 0.6) is 0 Å². The molecule has 0 radical (unpaired) electrons. The van der Waals surface area contributed by atoms with Crippen molar-refractivity contribution in [2.45, 2.75) is 20.2 Å². The molecule has 0 saturated carbocycles. The van der Waals surface area contributed by atoms with Crippen LogP contribution >= 0.6 is 0 Å². The highest BCUT2D eigenvalue weighted by Crippen LogP contribution is 2.14. The lowest BCUT2D eigenvalue weighted by Gasteiger charge is -2.21. The minimum Gasteiger partial charge on any atom is -0.288 e. The van der Waals surface area contributed by atoms with E-state index in [1.807, 2.05) is 43.3 Å². The molecule has 94 valence electrons. The van der Waals surface area contributed by atoms with Gasteiger partial charge in [0.05, 0.1) is 5.56 Å². The van der Waals surface area contributed by atoms with E-state index in [2.05, 4.69) is 6.92 Å². The van der Waals surface area contributed by atoms with Crippen LogP contribution in [0, 0.1) is 6.92 Å². The van der Waals surface area contributed by atoms with E-state index in [4.69, 9.17) is 5.84 Å². The number of fused-ring (bicyclic) bond motifs is 2. The molecule has 1 aliphatic heterocycles. The van der Waals surface area contributed by atoms with Crippen molar-refractivity contribution in [2.75, 3.05) is 5.84 Å². The average Bonchev–Trinajstić information content (AvgIpc) is 2.44. The smallest absolute Gasteiger partial charge is 0.288 e. The Morgan fingerprint density at radius 2 is 1.89 bits per heavy atom. The summed E-state index contributed by atoms with van der Waals surface area (Å²) in [6, 6.07) is 11.6. The van der Waals surface area contributed by atoms with Gasteiger partial charge in [-0.15, -0.1) is 0 Å². The Kier molecular flexibility index (Phi) is 2.66. The molecule has 1 aliphatic rings. The van der Waals surface area contributed by atoms with Gasteiger partial charge in [0, 0.05) is 18.6 Å². The monoisotopic (exact) mass is 251 g/mol. The predicted octanol–water partition coefficient (Wildman–Crippen LogP) is 0.170. The summed E-state index contributed by atoms with van der Waals surface area (Å²) in [7, 11) is 0. The first-order chi connectivity index (χ1) is 9.15. The lowest BCUT2D eigenvalue weighted by molar-refractivity contribution is -0.627. The van der Waals surface area contributed by atoms with Gasteiger partial charge in [-0.25, -0.2) is 5.84 Å². The van der Waals surface area contributed by atoms with Crippen LogP contribution in [0.4, 0.5) is 0 Å². The normalized spacial score (nSPS) is 13.2. The third-order valence-corrected chi connectivity index (χ3v) is 3.97. The molecule has 0 atom stereocenters. The number of benzene rings is 1. The highest BCUT2D eigenvalue weighted by Gasteiger charge is 2.40. The Balaban J connectivity index is 2.34. The van der Waals surface area contributed by atoms with Gasteiger partial charge in [0.2, 0.25) is 5.69 Å². The molecule has 0 spiro atoms. The zero-order valence-corrected chi connectivity index (χ0v) is 11.2. The zero-order chi connectivity index (χ0) is 13.6. The highest BCUT2D eigenvalue weighted by atomic mass is 16.1. The van der Waals surface area contributed by atoms with Crippen LogP contribution in [-0.4, -0.2) is 12.5 Å². The standard InChI is InChI=1S/C15H16BN2O/c1-3-16-13-7-5-4-6-11(13)14(19)12-9-8-10(2)18(17)15(12)16/h4-9H,3,17H2,1-2H3/q+1. The number of nitrogens with two attached hydrogens (primary N) is 1. The molecule has 19 heavy (non-hydrogen) atoms. The molecule has 2 N–H and O–H groups in total. The maximum absolute atomic E-state index is 12.6. The van der Waals surface area contributed by atoms with Crippen molar-refractivity contribution in [3.63, 3.8) is 0 Å². The van der Waals surface area contributed by atoms with E-state index in [0.717, 1.165) is 34.2 Å². The van der Waals surface area contributed by atoms with Crippen molar-refractivity contribution in [1.82, 2.24) is 0 Å². The third-order valence-electron chi connectivity index (χ3n) is 3.97. The quantitative estimate of drug-likeness (QED) is 0.446. The number of hydrogen-bond donors (Lipinski definition) is 1. The number of nitrogens with zero attached hydrogens (tertiary/aromatic N) is 1. The van der Waals surface area contributed by atoms with Crippen molar-refractivity contribution < 1.29 is 9.47 Å². The van der Waals surface area contributed by atoms with Crippen LogP contribution in [-0.2, 0) is 0 Å². The van der Waals surface area contributed by atoms with E-state index in [9.17, 15) is 4.79 Å². The van der Waals surface area contributed by atoms with Crippen LogP contribution in [0.15, 0.2) is 36.4 Å². The molecule has 0 unspecified atom stereocenters. The first-order valence-electron chi connectivity index (χ1n) is 6.59. The number of pyridine rings is 1. The molecule has 1 aromatic carbocycles. The van der Waals surface area contributed by atoms with E-state index < -0.39 is 0 Å². The fourth-order valence-electron chi connectivity index (χ4n) is 2.95. The Hall–Kier alpha value is -2.10. The van der Waals surface area contributed by atoms with Gasteiger partial charge in [-0.2, -0.15) is 0 Å². The zero-order valence-electron chi connectivity index (χ0n) is 11.2. The van der Waals surface area contributed by atoms with Gasteiger partial charge in [0.15, 0.2) is 11.4 Å². The van der Waals surface area contributed by atoms with Crippen molar-refractivity contribution >= 4 is 23.6 Å². The number of hydrogen-bond acceptors (Lipinski definition) is 2. The lowest BCUT2D eigenvalue weighted by Crippen LogP contribution is -2.70. The number of carbonyl (C=O) groups excluding carboxylic acids is 1. The van der Waals surface area contributed by atoms with Crippen LogP contribution in [0.25, 0.3) is 0 Å². The summed E-state index contributed by atoms with van der Waals surface area (Å²) >= 11 is 0. The summed E-state index contributed by atoms with van der Waals surface area (Å²) in [6.07, 6.45) is 0.929. The Labute approximate surface area is 113 Å². The second-order valence-electron chi connectivity index (χ2n) is 5.02. The van der Waals surface area contributed by atoms with Gasteiger partial charge in [0.1, 0.15) is 0 Å². The fourth-order valence-corrected chi connectivity index (χ4v) is 2.95. The summed E-state index contributed by atoms with van der Waals surface area (Å²) in [6.45, 7) is 4.27. The first kappa shape index (κ1) is 12.0. The van der Waals surface area contributed by atoms with Crippen molar-refractivity contribution in [3.8, 4) is 0 Å². The first-order valence-corrected chi connectivity index (χ1v) is 6.59. The average molecular weight is 251 g/mol. The summed E-state index contributed by atoms with van der Waals surface area (Å²) < 4.78 is 1.66. The summed E-state index contributed by atoms with van der Waals surface area (Å²) in [4.78, 5) is 12.6. The molecule has 0 saturated heterocycles. The number of nitrogen functional groups attached to an aromatic ring is 1. The highest BCUT2D eigenvalue weighted by molar-refractivity contribution is 6.87. The molecular weight excluding hydrogens is 235 g/mol. The number of ketones is 1. The van der Waals surface area contributed by atoms with Crippen LogP contribution < -0.4 is 21.6 Å². The largest absolute Gasteiger partial charge is 0.298 e. The van der Waals surface area contributed by atoms with E-state index in [1.165, 1.54) is 0 Å². The van der Waals surface area contributed by atoms with Gasteiger partial charge in [-0.1, -0.05) is 47.6 Å². The summed E-state index contributed by atoms with van der Waals surface area (Å²) in [5.74, 6) is 6.23. The topological polar surface area (TPSA) is 47.0 Å². The number of rotatable bonds is 1. The molecule has 3 nitrogen and oxygen atoms in total. The summed E-state index contributed by atoms with van der Waals surface area (Å²) in [5.41, 5.74) is 4.53. The SMILES string of the molecule is CCB1c2ccccc2C(=O)c2ccc(C)[n+](N)c21. The molecule has 4 heteroatoms. The Morgan fingerprint density at radius 1 is 1.16 bits per heavy atom. The van der Waals surface area contributed by atoms with Crippen molar-refractivity contribution in [1.29, 1.82) is 0 Å². The van der Waals surface area contributed by atoms with E-state index in [-0.39, 0.29) is 12.5 Å². The fraction of sp³-hybridized carbons (Fsp3) is 0.200. The maximum atomic E-state index is 12.6. The maximum Gasteiger partial charge on any atom is 0.298 e. The molecule has 1 aromatic heterocycles. The van der Waals surface area contributed by atoms with Crippen LogP contribution in [0.1, 0.15) is 28.5 Å². The van der Waals surface area contributed by atoms with E-state index in [1.54, 1.807) is 4.68 Å². The van der Waals surface area contributed by atoms with Gasteiger partial charge in [-0.3, -0.25) is 4.79 Å². The third kappa shape index (κ3) is 1.60. The van der Waals surface area contributed by atoms with E-state index in [0.29, 0.717) is 0 Å². The minimum atomic E-state index is 0.0782. The number of aryl methyl sites for hydroxylation is 1. The molecule has 0 fully saturated rings. The van der Waals surface area contributed by atoms with Gasteiger partial charge >= 0.3 is 0 Å². The molecular formula is C15H16BN2O+. The molecule has 2 heterocycles. The van der Waals surface area contributed by atoms with Crippen LogP contribution in [0.2, 0.25) is 6.32 Å². The molecule has 0 amide bonds.